The van der Waals surface area contributed by atoms with Crippen LogP contribution < -0.4 is 0 Å². The zero-order chi connectivity index (χ0) is 15.0. The molecule has 0 heterocycles. The average molecular weight is 278 g/mol. The maximum atomic E-state index is 10.2. The van der Waals surface area contributed by atoms with Gasteiger partial charge in [0.1, 0.15) is 0 Å². The van der Waals surface area contributed by atoms with Gasteiger partial charge in [-0.05, 0) is 63.2 Å². The summed E-state index contributed by atoms with van der Waals surface area (Å²) in [6.45, 7) is 8.22. The Morgan fingerprint density at radius 3 is 2.85 bits per heavy atom. The molecule has 0 amide bonds. The van der Waals surface area contributed by atoms with Gasteiger partial charge in [-0.1, -0.05) is 37.6 Å². The Morgan fingerprint density at radius 1 is 1.50 bits per heavy atom. The van der Waals surface area contributed by atoms with Crippen LogP contribution in [0.4, 0.5) is 0 Å². The van der Waals surface area contributed by atoms with Crippen LogP contribution in [0.3, 0.4) is 0 Å². The summed E-state index contributed by atoms with van der Waals surface area (Å²) < 4.78 is 0. The van der Waals surface area contributed by atoms with Gasteiger partial charge in [0.2, 0.25) is 0 Å². The predicted octanol–water partition coefficient (Wildman–Crippen LogP) is 3.84. The maximum absolute atomic E-state index is 10.2. The highest BCUT2D eigenvalue weighted by Crippen LogP contribution is 2.54. The first-order valence-electron chi connectivity index (χ1n) is 8.03. The minimum atomic E-state index is -0.725. The van der Waals surface area contributed by atoms with Crippen LogP contribution in [0.15, 0.2) is 23.8 Å². The Morgan fingerprint density at radius 2 is 2.20 bits per heavy atom. The molecule has 0 aromatic heterocycles. The van der Waals surface area contributed by atoms with E-state index in [1.54, 1.807) is 13.8 Å². The van der Waals surface area contributed by atoms with Crippen molar-refractivity contribution >= 4 is 0 Å². The van der Waals surface area contributed by atoms with Crippen molar-refractivity contribution in [3.63, 3.8) is 0 Å². The summed E-state index contributed by atoms with van der Waals surface area (Å²) in [5.41, 5.74) is 0.998. The first-order chi connectivity index (χ1) is 9.24. The van der Waals surface area contributed by atoms with Gasteiger partial charge < -0.3 is 10.2 Å². The standard InChI is InChI=1S/C18H30O2/c1-13(7-5-11-17(2,3)20)14-9-10-15-16(19)8-6-12-18(14,15)4/h5,9,11,13,15-16,19-20H,6-8,10,12H2,1-4H3/b11-5-/t13?,15-,16-,18+/m0/s1. The third-order valence-corrected chi connectivity index (χ3v) is 5.28. The minimum Gasteiger partial charge on any atom is -0.393 e. The van der Waals surface area contributed by atoms with E-state index in [1.807, 2.05) is 6.08 Å². The molecule has 2 nitrogen and oxygen atoms in total. The topological polar surface area (TPSA) is 40.5 Å². The normalized spacial score (nSPS) is 36.0. The lowest BCUT2D eigenvalue weighted by molar-refractivity contribution is 0.00804. The van der Waals surface area contributed by atoms with Crippen LogP contribution in [0.25, 0.3) is 0 Å². The van der Waals surface area contributed by atoms with E-state index in [-0.39, 0.29) is 11.5 Å². The molecule has 1 saturated carbocycles. The van der Waals surface area contributed by atoms with E-state index in [0.717, 1.165) is 25.7 Å². The number of hydrogen-bond donors (Lipinski definition) is 2. The van der Waals surface area contributed by atoms with Gasteiger partial charge in [0.05, 0.1) is 11.7 Å². The van der Waals surface area contributed by atoms with E-state index in [1.165, 1.54) is 12.0 Å². The molecule has 2 rings (SSSR count). The van der Waals surface area contributed by atoms with Crippen molar-refractivity contribution in [3.8, 4) is 0 Å². The molecule has 1 fully saturated rings. The molecule has 4 atom stereocenters. The summed E-state index contributed by atoms with van der Waals surface area (Å²) in [5, 5.41) is 20.0. The summed E-state index contributed by atoms with van der Waals surface area (Å²) in [4.78, 5) is 0. The third kappa shape index (κ3) is 3.17. The molecule has 0 aromatic carbocycles. The molecule has 1 unspecified atom stereocenters. The number of fused-ring (bicyclic) bond motifs is 1. The highest BCUT2D eigenvalue weighted by molar-refractivity contribution is 5.26. The van der Waals surface area contributed by atoms with E-state index in [2.05, 4.69) is 26.0 Å². The Labute approximate surface area is 123 Å². The summed E-state index contributed by atoms with van der Waals surface area (Å²) in [7, 11) is 0. The number of aliphatic hydroxyl groups is 2. The number of allylic oxidation sites excluding steroid dienone is 3. The molecule has 114 valence electrons. The minimum absolute atomic E-state index is 0.124. The molecule has 0 aliphatic heterocycles. The second-order valence-corrected chi connectivity index (χ2v) is 7.57. The Bertz CT molecular complexity index is 402. The van der Waals surface area contributed by atoms with Gasteiger partial charge in [0.15, 0.2) is 0 Å². The van der Waals surface area contributed by atoms with Crippen molar-refractivity contribution in [3.05, 3.63) is 23.8 Å². The zero-order valence-electron chi connectivity index (χ0n) is 13.4. The summed E-state index contributed by atoms with van der Waals surface area (Å²) in [6.07, 6.45) is 11.5. The molecule has 2 aliphatic carbocycles. The molecule has 2 aliphatic rings. The van der Waals surface area contributed by atoms with Crippen LogP contribution in [-0.4, -0.2) is 21.9 Å². The van der Waals surface area contributed by atoms with E-state index in [0.29, 0.717) is 11.8 Å². The van der Waals surface area contributed by atoms with Crippen molar-refractivity contribution in [1.82, 2.24) is 0 Å². The van der Waals surface area contributed by atoms with Gasteiger partial charge in [-0.3, -0.25) is 0 Å². The van der Waals surface area contributed by atoms with Gasteiger partial charge in [0.25, 0.3) is 0 Å². The predicted molar refractivity (Wildman–Crippen MR) is 83.4 cm³/mol. The smallest absolute Gasteiger partial charge is 0.0771 e. The summed E-state index contributed by atoms with van der Waals surface area (Å²) in [6, 6.07) is 0. The van der Waals surface area contributed by atoms with Crippen LogP contribution >= 0.6 is 0 Å². The highest BCUT2D eigenvalue weighted by atomic mass is 16.3. The van der Waals surface area contributed by atoms with E-state index >= 15 is 0 Å². The molecule has 2 N–H and O–H groups in total. The molecule has 2 heteroatoms. The van der Waals surface area contributed by atoms with Crippen molar-refractivity contribution in [1.29, 1.82) is 0 Å². The van der Waals surface area contributed by atoms with Gasteiger partial charge in [-0.2, -0.15) is 0 Å². The van der Waals surface area contributed by atoms with Gasteiger partial charge in [-0.25, -0.2) is 0 Å². The number of hydrogen-bond acceptors (Lipinski definition) is 2. The van der Waals surface area contributed by atoms with E-state index in [4.69, 9.17) is 0 Å². The fraction of sp³-hybridized carbons (Fsp3) is 0.778. The molecular weight excluding hydrogens is 248 g/mol. The molecule has 20 heavy (non-hydrogen) atoms. The molecule has 0 radical (unpaired) electrons. The second-order valence-electron chi connectivity index (χ2n) is 7.57. The lowest BCUT2D eigenvalue weighted by Gasteiger charge is -2.43. The van der Waals surface area contributed by atoms with Crippen LogP contribution in [0.5, 0.6) is 0 Å². The average Bonchev–Trinajstić information content (AvgIpc) is 2.66. The van der Waals surface area contributed by atoms with E-state index < -0.39 is 5.60 Å². The Kier molecular flexibility index (Phi) is 4.46. The van der Waals surface area contributed by atoms with Crippen molar-refractivity contribution in [2.75, 3.05) is 0 Å². The van der Waals surface area contributed by atoms with Crippen LogP contribution in [0, 0.1) is 17.3 Å². The lowest BCUT2D eigenvalue weighted by Crippen LogP contribution is -2.39. The largest absolute Gasteiger partial charge is 0.393 e. The fourth-order valence-corrected chi connectivity index (χ4v) is 4.20. The SMILES string of the molecule is CC(C/C=C\C(C)(C)O)C1=CC[C@H]2[C@@H](O)CCC[C@]12C. The monoisotopic (exact) mass is 278 g/mol. The van der Waals surface area contributed by atoms with Crippen molar-refractivity contribution in [2.45, 2.75) is 71.5 Å². The maximum Gasteiger partial charge on any atom is 0.0771 e. The van der Waals surface area contributed by atoms with Gasteiger partial charge in [-0.15, -0.1) is 0 Å². The third-order valence-electron chi connectivity index (χ3n) is 5.28. The van der Waals surface area contributed by atoms with E-state index in [9.17, 15) is 10.2 Å². The molecule has 0 aromatic rings. The Balaban J connectivity index is 2.04. The molecule has 0 saturated heterocycles. The molecule has 0 spiro atoms. The molecular formula is C18H30O2. The zero-order valence-corrected chi connectivity index (χ0v) is 13.4. The highest BCUT2D eigenvalue weighted by Gasteiger charge is 2.47. The molecule has 0 bridgehead atoms. The van der Waals surface area contributed by atoms with Crippen LogP contribution in [0.2, 0.25) is 0 Å². The lowest BCUT2D eigenvalue weighted by atomic mass is 9.63. The first-order valence-corrected chi connectivity index (χ1v) is 8.03. The fourth-order valence-electron chi connectivity index (χ4n) is 4.20. The van der Waals surface area contributed by atoms with Gasteiger partial charge in [0, 0.05) is 0 Å². The van der Waals surface area contributed by atoms with Crippen molar-refractivity contribution < 1.29 is 10.2 Å². The van der Waals surface area contributed by atoms with Crippen molar-refractivity contribution in [2.24, 2.45) is 17.3 Å². The Hall–Kier alpha value is -0.600. The van der Waals surface area contributed by atoms with Crippen LogP contribution in [-0.2, 0) is 0 Å². The quantitative estimate of drug-likeness (QED) is 0.767. The van der Waals surface area contributed by atoms with Crippen LogP contribution in [0.1, 0.15) is 59.8 Å². The summed E-state index contributed by atoms with van der Waals surface area (Å²) in [5.74, 6) is 0.917. The number of aliphatic hydroxyl groups excluding tert-OH is 1. The summed E-state index contributed by atoms with van der Waals surface area (Å²) >= 11 is 0. The van der Waals surface area contributed by atoms with Gasteiger partial charge >= 0.3 is 0 Å². The first kappa shape index (κ1) is 15.8. The number of rotatable bonds is 4. The second kappa shape index (κ2) is 5.65.